The summed E-state index contributed by atoms with van der Waals surface area (Å²) in [5.74, 6) is 0.663. The number of nitrogens with one attached hydrogen (secondary N) is 1. The van der Waals surface area contributed by atoms with Gasteiger partial charge in [0, 0.05) is 28.1 Å². The van der Waals surface area contributed by atoms with Crippen molar-refractivity contribution in [3.05, 3.63) is 28.7 Å². The molecule has 0 aliphatic carbocycles. The standard InChI is InChI=1S/C17H21ClN4/c1-16(2,3)14-11-9-20-13(18)7-10(11)15(21-12(14)8-19)22-17(4,5)6/h7,9H,1-6H3,(H,21,22). The van der Waals surface area contributed by atoms with Crippen molar-refractivity contribution in [2.45, 2.75) is 52.5 Å². The largest absolute Gasteiger partial charge is 0.365 e. The summed E-state index contributed by atoms with van der Waals surface area (Å²) in [7, 11) is 0. The number of pyridine rings is 2. The highest BCUT2D eigenvalue weighted by atomic mass is 35.5. The first kappa shape index (κ1) is 16.5. The van der Waals surface area contributed by atoms with Crippen LogP contribution in [0.4, 0.5) is 5.82 Å². The molecule has 0 aromatic carbocycles. The van der Waals surface area contributed by atoms with E-state index >= 15 is 0 Å². The lowest BCUT2D eigenvalue weighted by molar-refractivity contribution is 0.590. The monoisotopic (exact) mass is 316 g/mol. The van der Waals surface area contributed by atoms with Crippen LogP contribution in [0.15, 0.2) is 12.3 Å². The molecule has 0 aliphatic rings. The predicted molar refractivity (Wildman–Crippen MR) is 91.3 cm³/mol. The first-order chi connectivity index (χ1) is 10.0. The highest BCUT2D eigenvalue weighted by Crippen LogP contribution is 2.36. The van der Waals surface area contributed by atoms with E-state index < -0.39 is 0 Å². The predicted octanol–water partition coefficient (Wildman–Crippen LogP) is 4.66. The van der Waals surface area contributed by atoms with Crippen LogP contribution in [0.3, 0.4) is 0 Å². The second-order valence-electron chi connectivity index (χ2n) is 7.47. The van der Waals surface area contributed by atoms with E-state index in [0.29, 0.717) is 16.7 Å². The molecule has 2 aromatic heterocycles. The molecular weight excluding hydrogens is 296 g/mol. The number of nitriles is 1. The Morgan fingerprint density at radius 3 is 2.27 bits per heavy atom. The van der Waals surface area contributed by atoms with Crippen LogP contribution < -0.4 is 5.32 Å². The number of hydrogen-bond donors (Lipinski definition) is 1. The Labute approximate surface area is 136 Å². The molecule has 0 fully saturated rings. The van der Waals surface area contributed by atoms with Gasteiger partial charge in [-0.05, 0) is 32.3 Å². The number of hydrogen-bond acceptors (Lipinski definition) is 4. The zero-order chi connectivity index (χ0) is 16.7. The Morgan fingerprint density at radius 1 is 1.14 bits per heavy atom. The summed E-state index contributed by atoms with van der Waals surface area (Å²) in [6, 6.07) is 4.02. The molecule has 0 saturated heterocycles. The van der Waals surface area contributed by atoms with Gasteiger partial charge >= 0.3 is 0 Å². The van der Waals surface area contributed by atoms with Crippen LogP contribution in [0.5, 0.6) is 0 Å². The highest BCUT2D eigenvalue weighted by Gasteiger charge is 2.25. The maximum Gasteiger partial charge on any atom is 0.147 e. The Morgan fingerprint density at radius 2 is 1.77 bits per heavy atom. The van der Waals surface area contributed by atoms with Gasteiger partial charge in [0.25, 0.3) is 0 Å². The van der Waals surface area contributed by atoms with Crippen LogP contribution in [0.25, 0.3) is 10.8 Å². The zero-order valence-electron chi connectivity index (χ0n) is 13.9. The normalized spacial score (nSPS) is 12.3. The van der Waals surface area contributed by atoms with Gasteiger partial charge in [-0.3, -0.25) is 0 Å². The average Bonchev–Trinajstić information content (AvgIpc) is 2.35. The summed E-state index contributed by atoms with van der Waals surface area (Å²) in [4.78, 5) is 8.75. The van der Waals surface area contributed by atoms with E-state index in [-0.39, 0.29) is 11.0 Å². The fourth-order valence-corrected chi connectivity index (χ4v) is 2.63. The molecule has 0 aliphatic heterocycles. The number of anilines is 1. The third kappa shape index (κ3) is 3.31. The lowest BCUT2D eigenvalue weighted by atomic mass is 9.83. The highest BCUT2D eigenvalue weighted by molar-refractivity contribution is 6.30. The molecule has 0 unspecified atom stereocenters. The fraction of sp³-hybridized carbons (Fsp3) is 0.471. The van der Waals surface area contributed by atoms with Crippen molar-refractivity contribution in [1.29, 1.82) is 5.26 Å². The van der Waals surface area contributed by atoms with E-state index in [1.165, 1.54) is 0 Å². The third-order valence-electron chi connectivity index (χ3n) is 3.20. The van der Waals surface area contributed by atoms with E-state index in [9.17, 15) is 5.26 Å². The number of nitrogens with zero attached hydrogens (tertiary/aromatic N) is 3. The smallest absolute Gasteiger partial charge is 0.147 e. The maximum atomic E-state index is 9.53. The van der Waals surface area contributed by atoms with Crippen LogP contribution in [-0.4, -0.2) is 15.5 Å². The summed E-state index contributed by atoms with van der Waals surface area (Å²) in [5.41, 5.74) is 0.932. The minimum Gasteiger partial charge on any atom is -0.365 e. The first-order valence-electron chi connectivity index (χ1n) is 7.21. The van der Waals surface area contributed by atoms with Crippen molar-refractivity contribution in [3.8, 4) is 6.07 Å². The van der Waals surface area contributed by atoms with E-state index in [0.717, 1.165) is 16.3 Å². The molecule has 22 heavy (non-hydrogen) atoms. The molecule has 0 radical (unpaired) electrons. The number of aromatic nitrogens is 2. The molecule has 2 rings (SSSR count). The number of rotatable bonds is 1. The van der Waals surface area contributed by atoms with E-state index in [2.05, 4.69) is 42.1 Å². The Kier molecular flexibility index (Phi) is 4.06. The molecule has 0 amide bonds. The van der Waals surface area contributed by atoms with Gasteiger partial charge in [-0.25, -0.2) is 9.97 Å². The Bertz CT molecular complexity index is 761. The van der Waals surface area contributed by atoms with Crippen molar-refractivity contribution < 1.29 is 0 Å². The van der Waals surface area contributed by atoms with Gasteiger partial charge in [-0.15, -0.1) is 0 Å². The SMILES string of the molecule is CC(C)(C)Nc1nc(C#N)c(C(C)(C)C)c2cnc(Cl)cc12. The van der Waals surface area contributed by atoms with Gasteiger partial charge in [0.2, 0.25) is 0 Å². The summed E-state index contributed by atoms with van der Waals surface area (Å²) in [6.45, 7) is 12.3. The molecule has 0 spiro atoms. The lowest BCUT2D eigenvalue weighted by Gasteiger charge is -2.26. The van der Waals surface area contributed by atoms with Crippen LogP contribution in [0, 0.1) is 11.3 Å². The topological polar surface area (TPSA) is 61.6 Å². The fourth-order valence-electron chi connectivity index (χ4n) is 2.47. The molecule has 1 N–H and O–H groups in total. The molecule has 0 bridgehead atoms. The first-order valence-corrected chi connectivity index (χ1v) is 7.59. The van der Waals surface area contributed by atoms with Gasteiger partial charge < -0.3 is 5.32 Å². The van der Waals surface area contributed by atoms with E-state index in [1.807, 2.05) is 20.8 Å². The van der Waals surface area contributed by atoms with Crippen LogP contribution in [0.2, 0.25) is 5.15 Å². The van der Waals surface area contributed by atoms with Gasteiger partial charge in [0.1, 0.15) is 22.7 Å². The van der Waals surface area contributed by atoms with Gasteiger partial charge in [-0.1, -0.05) is 32.4 Å². The number of halogens is 1. The second kappa shape index (κ2) is 5.40. The van der Waals surface area contributed by atoms with E-state index in [1.54, 1.807) is 12.3 Å². The van der Waals surface area contributed by atoms with Crippen molar-refractivity contribution in [3.63, 3.8) is 0 Å². The molecule has 5 heteroatoms. The van der Waals surface area contributed by atoms with Crippen molar-refractivity contribution in [2.75, 3.05) is 5.32 Å². The van der Waals surface area contributed by atoms with Gasteiger partial charge in [-0.2, -0.15) is 5.26 Å². The lowest BCUT2D eigenvalue weighted by Crippen LogP contribution is -2.27. The second-order valence-corrected chi connectivity index (χ2v) is 7.86. The van der Waals surface area contributed by atoms with Crippen LogP contribution in [-0.2, 0) is 5.41 Å². The Balaban J connectivity index is 2.89. The average molecular weight is 317 g/mol. The molecular formula is C17H21ClN4. The quantitative estimate of drug-likeness (QED) is 0.777. The molecule has 0 saturated carbocycles. The Hall–Kier alpha value is -1.86. The van der Waals surface area contributed by atoms with Crippen molar-refractivity contribution >= 4 is 28.2 Å². The number of fused-ring (bicyclic) bond motifs is 1. The van der Waals surface area contributed by atoms with Crippen LogP contribution in [0.1, 0.15) is 52.8 Å². The molecule has 116 valence electrons. The maximum absolute atomic E-state index is 9.53. The summed E-state index contributed by atoms with van der Waals surface area (Å²) in [6.07, 6.45) is 1.73. The third-order valence-corrected chi connectivity index (χ3v) is 3.41. The zero-order valence-corrected chi connectivity index (χ0v) is 14.6. The molecule has 0 atom stereocenters. The molecule has 4 nitrogen and oxygen atoms in total. The minimum absolute atomic E-state index is 0.175. The minimum atomic E-state index is -0.216. The van der Waals surface area contributed by atoms with Crippen molar-refractivity contribution in [1.82, 2.24) is 9.97 Å². The van der Waals surface area contributed by atoms with Crippen molar-refractivity contribution in [2.24, 2.45) is 0 Å². The summed E-state index contributed by atoms with van der Waals surface area (Å²) < 4.78 is 0. The molecule has 2 aromatic rings. The van der Waals surface area contributed by atoms with E-state index in [4.69, 9.17) is 11.6 Å². The van der Waals surface area contributed by atoms with Gasteiger partial charge in [0.15, 0.2) is 0 Å². The summed E-state index contributed by atoms with van der Waals surface area (Å²) >= 11 is 6.07. The molecule has 2 heterocycles. The van der Waals surface area contributed by atoms with Crippen LogP contribution >= 0.6 is 11.6 Å². The summed E-state index contributed by atoms with van der Waals surface area (Å²) in [5, 5.41) is 15.1. The van der Waals surface area contributed by atoms with Gasteiger partial charge in [0.05, 0.1) is 0 Å².